The molecule has 0 aliphatic heterocycles. The fourth-order valence-electron chi connectivity index (χ4n) is 3.51. The topological polar surface area (TPSA) is 76.3 Å². The van der Waals surface area contributed by atoms with Crippen LogP contribution in [0.5, 0.6) is 11.5 Å². The summed E-state index contributed by atoms with van der Waals surface area (Å²) in [6, 6.07) is 19.3. The van der Waals surface area contributed by atoms with Crippen molar-refractivity contribution in [1.29, 1.82) is 5.26 Å². The average Bonchev–Trinajstić information content (AvgIpc) is 3.09. The first-order valence-corrected chi connectivity index (χ1v) is 10.4. The molecule has 0 saturated heterocycles. The van der Waals surface area contributed by atoms with Crippen molar-refractivity contribution in [2.75, 3.05) is 13.7 Å². The first-order chi connectivity index (χ1) is 15.5. The monoisotopic (exact) mass is 429 g/mol. The Kier molecular flexibility index (Phi) is 7.35. The van der Waals surface area contributed by atoms with E-state index in [0.717, 1.165) is 39.7 Å². The second kappa shape index (κ2) is 10.4. The van der Waals surface area contributed by atoms with Crippen LogP contribution in [0, 0.1) is 25.2 Å². The molecule has 1 amide bonds. The van der Waals surface area contributed by atoms with E-state index in [9.17, 15) is 10.1 Å². The van der Waals surface area contributed by atoms with Crippen molar-refractivity contribution in [3.8, 4) is 23.3 Å². The number of benzene rings is 2. The number of methoxy groups -OCH3 is 1. The number of ether oxygens (including phenoxy) is 2. The van der Waals surface area contributed by atoms with Gasteiger partial charge in [-0.05, 0) is 80.4 Å². The highest BCUT2D eigenvalue weighted by Crippen LogP contribution is 2.24. The standard InChI is InChI=1S/C26H27N3O3/c1-5-32-25-12-8-23(9-13-25)29-18(2)14-21(19(29)3)15-22(16-27)26(30)28-17-20-6-10-24(31-4)11-7-20/h6-15H,5,17H2,1-4H3,(H,28,30)/b22-15-. The molecule has 3 rings (SSSR count). The van der Waals surface area contributed by atoms with Crippen molar-refractivity contribution in [3.05, 3.63) is 82.7 Å². The number of aromatic nitrogens is 1. The highest BCUT2D eigenvalue weighted by atomic mass is 16.5. The fraction of sp³-hybridized carbons (Fsp3) is 0.231. The molecule has 1 heterocycles. The minimum Gasteiger partial charge on any atom is -0.497 e. The van der Waals surface area contributed by atoms with Crippen LogP contribution in [0.15, 0.2) is 60.2 Å². The Labute approximate surface area is 188 Å². The highest BCUT2D eigenvalue weighted by molar-refractivity contribution is 6.01. The number of nitriles is 1. The molecule has 6 nitrogen and oxygen atoms in total. The van der Waals surface area contributed by atoms with Gasteiger partial charge in [0.05, 0.1) is 13.7 Å². The lowest BCUT2D eigenvalue weighted by atomic mass is 10.1. The van der Waals surface area contributed by atoms with Crippen molar-refractivity contribution in [2.45, 2.75) is 27.3 Å². The molecule has 0 aliphatic rings. The minimum absolute atomic E-state index is 0.0606. The summed E-state index contributed by atoms with van der Waals surface area (Å²) >= 11 is 0. The van der Waals surface area contributed by atoms with E-state index in [-0.39, 0.29) is 5.57 Å². The number of aryl methyl sites for hydroxylation is 1. The number of carbonyl (C=O) groups is 1. The molecule has 0 atom stereocenters. The number of hydrogen-bond donors (Lipinski definition) is 1. The van der Waals surface area contributed by atoms with Crippen molar-refractivity contribution < 1.29 is 14.3 Å². The molecule has 0 spiro atoms. The predicted molar refractivity (Wildman–Crippen MR) is 125 cm³/mol. The zero-order chi connectivity index (χ0) is 23.1. The van der Waals surface area contributed by atoms with E-state index < -0.39 is 5.91 Å². The minimum atomic E-state index is -0.408. The van der Waals surface area contributed by atoms with Crippen LogP contribution in [0.2, 0.25) is 0 Å². The van der Waals surface area contributed by atoms with Crippen molar-refractivity contribution >= 4 is 12.0 Å². The van der Waals surface area contributed by atoms with Gasteiger partial charge in [-0.3, -0.25) is 4.79 Å². The maximum atomic E-state index is 12.6. The summed E-state index contributed by atoms with van der Waals surface area (Å²) in [5, 5.41) is 12.4. The molecule has 0 bridgehead atoms. The van der Waals surface area contributed by atoms with Gasteiger partial charge < -0.3 is 19.4 Å². The molecule has 0 unspecified atom stereocenters. The predicted octanol–water partition coefficient (Wildman–Crippen LogP) is 4.72. The normalized spacial score (nSPS) is 11.0. The molecule has 1 N–H and O–H groups in total. The molecule has 3 aromatic rings. The van der Waals surface area contributed by atoms with Gasteiger partial charge in [0.15, 0.2) is 0 Å². The molecule has 32 heavy (non-hydrogen) atoms. The lowest BCUT2D eigenvalue weighted by Gasteiger charge is -2.11. The number of rotatable bonds is 8. The molecule has 0 aliphatic carbocycles. The third-order valence-corrected chi connectivity index (χ3v) is 5.15. The molecule has 6 heteroatoms. The Morgan fingerprint density at radius 2 is 1.75 bits per heavy atom. The smallest absolute Gasteiger partial charge is 0.262 e. The van der Waals surface area contributed by atoms with Gasteiger partial charge in [-0.25, -0.2) is 0 Å². The summed E-state index contributed by atoms with van der Waals surface area (Å²) in [6.07, 6.45) is 1.64. The Morgan fingerprint density at radius 3 is 2.34 bits per heavy atom. The van der Waals surface area contributed by atoms with Crippen molar-refractivity contribution in [2.24, 2.45) is 0 Å². The second-order valence-corrected chi connectivity index (χ2v) is 7.29. The Bertz CT molecular complexity index is 1150. The Balaban J connectivity index is 1.78. The summed E-state index contributed by atoms with van der Waals surface area (Å²) in [5.41, 5.74) is 4.75. The van der Waals surface area contributed by atoms with Crippen LogP contribution >= 0.6 is 0 Å². The number of nitrogens with zero attached hydrogens (tertiary/aromatic N) is 2. The maximum Gasteiger partial charge on any atom is 0.262 e. The summed E-state index contributed by atoms with van der Waals surface area (Å²) in [5.74, 6) is 1.16. The van der Waals surface area contributed by atoms with Gasteiger partial charge in [0.25, 0.3) is 5.91 Å². The first-order valence-electron chi connectivity index (χ1n) is 10.4. The van der Waals surface area contributed by atoms with E-state index in [1.807, 2.05) is 81.4 Å². The highest BCUT2D eigenvalue weighted by Gasteiger charge is 2.14. The van der Waals surface area contributed by atoms with Gasteiger partial charge >= 0.3 is 0 Å². The molecular formula is C26H27N3O3. The van der Waals surface area contributed by atoms with E-state index >= 15 is 0 Å². The fourth-order valence-corrected chi connectivity index (χ4v) is 3.51. The van der Waals surface area contributed by atoms with E-state index in [4.69, 9.17) is 9.47 Å². The zero-order valence-electron chi connectivity index (χ0n) is 18.8. The van der Waals surface area contributed by atoms with Gasteiger partial charge in [-0.1, -0.05) is 12.1 Å². The molecule has 0 saturated carbocycles. The van der Waals surface area contributed by atoms with Crippen LogP contribution in [0.3, 0.4) is 0 Å². The van der Waals surface area contributed by atoms with E-state index in [1.165, 1.54) is 0 Å². The lowest BCUT2D eigenvalue weighted by Crippen LogP contribution is -2.23. The second-order valence-electron chi connectivity index (χ2n) is 7.29. The van der Waals surface area contributed by atoms with Crippen LogP contribution < -0.4 is 14.8 Å². The van der Waals surface area contributed by atoms with Gasteiger partial charge in [0.2, 0.25) is 0 Å². The quantitative estimate of drug-likeness (QED) is 0.415. The van der Waals surface area contributed by atoms with E-state index in [0.29, 0.717) is 13.2 Å². The SMILES string of the molecule is CCOc1ccc(-n2c(C)cc(/C=C(/C#N)C(=O)NCc3ccc(OC)cc3)c2C)cc1. The van der Waals surface area contributed by atoms with Crippen LogP contribution in [0.25, 0.3) is 11.8 Å². The summed E-state index contributed by atoms with van der Waals surface area (Å²) in [7, 11) is 1.60. The summed E-state index contributed by atoms with van der Waals surface area (Å²) < 4.78 is 12.7. The van der Waals surface area contributed by atoms with Gasteiger partial charge in [-0.15, -0.1) is 0 Å². The largest absolute Gasteiger partial charge is 0.497 e. The van der Waals surface area contributed by atoms with E-state index in [1.54, 1.807) is 13.2 Å². The van der Waals surface area contributed by atoms with E-state index in [2.05, 4.69) is 9.88 Å². The average molecular weight is 430 g/mol. The van der Waals surface area contributed by atoms with Crippen LogP contribution in [-0.2, 0) is 11.3 Å². The number of amides is 1. The lowest BCUT2D eigenvalue weighted by molar-refractivity contribution is -0.117. The molecule has 2 aromatic carbocycles. The van der Waals surface area contributed by atoms with Crippen LogP contribution in [0.4, 0.5) is 0 Å². The molecule has 164 valence electrons. The number of hydrogen-bond acceptors (Lipinski definition) is 4. The van der Waals surface area contributed by atoms with Crippen molar-refractivity contribution in [3.63, 3.8) is 0 Å². The third kappa shape index (κ3) is 5.19. The zero-order valence-corrected chi connectivity index (χ0v) is 18.8. The first kappa shape index (κ1) is 22.7. The maximum absolute atomic E-state index is 12.6. The van der Waals surface area contributed by atoms with Crippen molar-refractivity contribution in [1.82, 2.24) is 9.88 Å². The molecular weight excluding hydrogens is 402 g/mol. The summed E-state index contributed by atoms with van der Waals surface area (Å²) in [4.78, 5) is 12.6. The number of carbonyl (C=O) groups excluding carboxylic acids is 1. The third-order valence-electron chi connectivity index (χ3n) is 5.15. The molecule has 1 aromatic heterocycles. The Hall–Kier alpha value is -3.98. The summed E-state index contributed by atoms with van der Waals surface area (Å²) in [6.45, 7) is 6.86. The van der Waals surface area contributed by atoms with Crippen LogP contribution in [0.1, 0.15) is 29.4 Å². The van der Waals surface area contributed by atoms with Crippen LogP contribution in [-0.4, -0.2) is 24.2 Å². The molecule has 0 fully saturated rings. The number of nitrogens with one attached hydrogen (secondary N) is 1. The molecule has 0 radical (unpaired) electrons. The Morgan fingerprint density at radius 1 is 1.09 bits per heavy atom. The van der Waals surface area contributed by atoms with Gasteiger partial charge in [-0.2, -0.15) is 5.26 Å². The van der Waals surface area contributed by atoms with Gasteiger partial charge in [0.1, 0.15) is 23.1 Å². The van der Waals surface area contributed by atoms with Gasteiger partial charge in [0, 0.05) is 23.6 Å².